The Morgan fingerprint density at radius 2 is 1.52 bits per heavy atom. The summed E-state index contributed by atoms with van der Waals surface area (Å²) in [5, 5.41) is 21.3. The molecule has 4 aromatic carbocycles. The second-order valence-electron chi connectivity index (χ2n) is 9.67. The van der Waals surface area contributed by atoms with Gasteiger partial charge in [0.25, 0.3) is 15.7 Å². The molecule has 0 saturated heterocycles. The van der Waals surface area contributed by atoms with Crippen molar-refractivity contribution in [2.75, 3.05) is 0 Å². The fraction of sp³-hybridized carbons (Fsp3) is 0.156. The van der Waals surface area contributed by atoms with Crippen LogP contribution in [0.2, 0.25) is 0 Å². The van der Waals surface area contributed by atoms with Crippen LogP contribution in [0, 0.1) is 21.4 Å². The third kappa shape index (κ3) is 4.99. The van der Waals surface area contributed by atoms with Crippen LogP contribution in [0.1, 0.15) is 53.9 Å². The highest BCUT2D eigenvalue weighted by molar-refractivity contribution is 7.90. The van der Waals surface area contributed by atoms with E-state index in [0.717, 1.165) is 34.9 Å². The second kappa shape index (κ2) is 11.2. The van der Waals surface area contributed by atoms with Gasteiger partial charge in [0, 0.05) is 29.6 Å². The first-order valence-corrected chi connectivity index (χ1v) is 14.4. The van der Waals surface area contributed by atoms with E-state index in [4.69, 9.17) is 0 Å². The Labute approximate surface area is 233 Å². The largest absolute Gasteiger partial charge is 0.269 e. The van der Waals surface area contributed by atoms with Crippen LogP contribution < -0.4 is 0 Å². The summed E-state index contributed by atoms with van der Waals surface area (Å²) in [5.41, 5.74) is 3.94. The molecule has 0 spiro atoms. The van der Waals surface area contributed by atoms with E-state index in [9.17, 15) is 23.8 Å². The van der Waals surface area contributed by atoms with Crippen LogP contribution in [0.4, 0.5) is 5.69 Å². The van der Waals surface area contributed by atoms with Gasteiger partial charge >= 0.3 is 0 Å². The summed E-state index contributed by atoms with van der Waals surface area (Å²) in [5.74, 6) is -0.159. The highest BCUT2D eigenvalue weighted by atomic mass is 32.2. The summed E-state index contributed by atoms with van der Waals surface area (Å²) < 4.78 is 29.1. The van der Waals surface area contributed by atoms with Gasteiger partial charge in [0.05, 0.1) is 27.0 Å². The number of aromatic nitrogens is 1. The van der Waals surface area contributed by atoms with Gasteiger partial charge in [-0.15, -0.1) is 0 Å². The molecule has 0 aliphatic heterocycles. The molecule has 0 saturated carbocycles. The molecule has 8 heteroatoms. The van der Waals surface area contributed by atoms with Crippen molar-refractivity contribution >= 4 is 26.6 Å². The van der Waals surface area contributed by atoms with E-state index >= 15 is 0 Å². The molecular formula is C32H27N3O4S. The first-order chi connectivity index (χ1) is 19.3. The van der Waals surface area contributed by atoms with Crippen molar-refractivity contribution in [3.8, 4) is 6.07 Å². The third-order valence-corrected chi connectivity index (χ3v) is 8.96. The van der Waals surface area contributed by atoms with Gasteiger partial charge in [0.2, 0.25) is 0 Å². The minimum atomic E-state index is -4.06. The molecule has 0 bridgehead atoms. The number of benzene rings is 4. The lowest BCUT2D eigenvalue weighted by molar-refractivity contribution is -0.384. The number of nitrogens with zero attached hydrogens (tertiary/aromatic N) is 3. The summed E-state index contributed by atoms with van der Waals surface area (Å²) in [6.07, 6.45) is 3.46. The lowest BCUT2D eigenvalue weighted by atomic mass is 9.75. The summed E-state index contributed by atoms with van der Waals surface area (Å²) >= 11 is 0. The van der Waals surface area contributed by atoms with Crippen molar-refractivity contribution in [2.24, 2.45) is 0 Å². The molecular weight excluding hydrogens is 522 g/mol. The average Bonchev–Trinajstić information content (AvgIpc) is 3.38. The minimum Gasteiger partial charge on any atom is -0.258 e. The quantitative estimate of drug-likeness (QED) is 0.141. The number of hydrogen-bond acceptors (Lipinski definition) is 5. The number of non-ortho nitro benzene ring substituents is 1. The Hall–Kier alpha value is -4.74. The molecule has 0 N–H and O–H groups in total. The molecule has 0 fully saturated rings. The van der Waals surface area contributed by atoms with E-state index in [2.05, 4.69) is 25.1 Å². The number of nitriles is 1. The van der Waals surface area contributed by atoms with E-state index in [1.54, 1.807) is 18.3 Å². The van der Waals surface area contributed by atoms with Gasteiger partial charge in [0.15, 0.2) is 0 Å². The van der Waals surface area contributed by atoms with E-state index < -0.39 is 14.9 Å². The molecule has 5 aromatic rings. The van der Waals surface area contributed by atoms with Gasteiger partial charge in [0.1, 0.15) is 0 Å². The zero-order chi connectivity index (χ0) is 28.3. The topological polar surface area (TPSA) is 106 Å². The SMILES string of the molecule is CCC[C@@H](c1ccc(C#N)cc1)[C@@H](c1ccccc1)c1cn(S(=O)(=O)c2ccc([N+](=O)[O-])cc2)c2ccccc12. The monoisotopic (exact) mass is 549 g/mol. The van der Waals surface area contributed by atoms with Crippen molar-refractivity contribution < 1.29 is 13.3 Å². The molecule has 0 aliphatic rings. The Kier molecular flexibility index (Phi) is 7.50. The first kappa shape index (κ1) is 26.9. The van der Waals surface area contributed by atoms with Crippen LogP contribution in [0.5, 0.6) is 0 Å². The fourth-order valence-electron chi connectivity index (χ4n) is 5.41. The highest BCUT2D eigenvalue weighted by Crippen LogP contribution is 2.45. The molecule has 5 rings (SSSR count). The molecule has 7 nitrogen and oxygen atoms in total. The number of hydrogen-bond donors (Lipinski definition) is 0. The molecule has 200 valence electrons. The van der Waals surface area contributed by atoms with E-state index in [1.165, 1.54) is 28.2 Å². The normalized spacial score (nSPS) is 13.0. The maximum Gasteiger partial charge on any atom is 0.269 e. The van der Waals surface area contributed by atoms with E-state index in [1.807, 2.05) is 54.6 Å². The van der Waals surface area contributed by atoms with Crippen LogP contribution in [-0.4, -0.2) is 17.3 Å². The predicted molar refractivity (Wildman–Crippen MR) is 155 cm³/mol. The molecule has 0 aliphatic carbocycles. The molecule has 1 aromatic heterocycles. The van der Waals surface area contributed by atoms with Crippen LogP contribution in [-0.2, 0) is 10.0 Å². The van der Waals surface area contributed by atoms with Gasteiger partial charge in [-0.2, -0.15) is 5.26 Å². The van der Waals surface area contributed by atoms with Crippen molar-refractivity contribution in [1.29, 1.82) is 5.26 Å². The fourth-order valence-corrected chi connectivity index (χ4v) is 6.78. The van der Waals surface area contributed by atoms with Gasteiger partial charge in [-0.05, 0) is 59.4 Å². The third-order valence-electron chi connectivity index (χ3n) is 7.28. The van der Waals surface area contributed by atoms with Crippen molar-refractivity contribution in [3.05, 3.63) is 142 Å². The average molecular weight is 550 g/mol. The lowest BCUT2D eigenvalue weighted by Crippen LogP contribution is -2.14. The van der Waals surface area contributed by atoms with Crippen molar-refractivity contribution in [1.82, 2.24) is 3.97 Å². The molecule has 40 heavy (non-hydrogen) atoms. The molecule has 0 amide bonds. The summed E-state index contributed by atoms with van der Waals surface area (Å²) in [4.78, 5) is 10.5. The minimum absolute atomic E-state index is 0.0153. The van der Waals surface area contributed by atoms with Crippen molar-refractivity contribution in [2.45, 2.75) is 36.5 Å². The van der Waals surface area contributed by atoms with Gasteiger partial charge < -0.3 is 0 Å². The summed E-state index contributed by atoms with van der Waals surface area (Å²) in [6.45, 7) is 2.13. The molecule has 0 unspecified atom stereocenters. The number of para-hydroxylation sites is 1. The summed E-state index contributed by atoms with van der Waals surface area (Å²) in [7, 11) is -4.06. The number of fused-ring (bicyclic) bond motifs is 1. The maximum absolute atomic E-state index is 13.9. The maximum atomic E-state index is 13.9. The second-order valence-corrected chi connectivity index (χ2v) is 11.5. The molecule has 0 radical (unpaired) electrons. The Morgan fingerprint density at radius 1 is 0.875 bits per heavy atom. The standard InChI is InChI=1S/C32H27N3O4S/c1-2-8-28(24-15-13-23(21-33)14-16-24)32(25-9-4-3-5-10-25)30-22-34(31-12-7-6-11-29(30)31)40(38,39)27-19-17-26(18-20-27)35(36)37/h3-7,9-20,22,28,32H,2,8H2,1H3/t28-,32+/m0/s1. The number of nitro groups is 1. The van der Waals surface area contributed by atoms with E-state index in [0.29, 0.717) is 11.1 Å². The van der Waals surface area contributed by atoms with Crippen LogP contribution in [0.15, 0.2) is 114 Å². The molecule has 2 atom stereocenters. The van der Waals surface area contributed by atoms with Crippen LogP contribution in [0.3, 0.4) is 0 Å². The lowest BCUT2D eigenvalue weighted by Gasteiger charge is -2.28. The van der Waals surface area contributed by atoms with Crippen LogP contribution in [0.25, 0.3) is 10.9 Å². The zero-order valence-electron chi connectivity index (χ0n) is 21.8. The summed E-state index contributed by atoms with van der Waals surface area (Å²) in [6, 6.07) is 32.2. The van der Waals surface area contributed by atoms with Crippen LogP contribution >= 0.6 is 0 Å². The highest BCUT2D eigenvalue weighted by Gasteiger charge is 2.31. The number of nitro benzene ring substituents is 1. The smallest absolute Gasteiger partial charge is 0.258 e. The van der Waals surface area contributed by atoms with Gasteiger partial charge in [-0.25, -0.2) is 12.4 Å². The Morgan fingerprint density at radius 3 is 2.15 bits per heavy atom. The molecule has 1 heterocycles. The van der Waals surface area contributed by atoms with Crippen molar-refractivity contribution in [3.63, 3.8) is 0 Å². The first-order valence-electron chi connectivity index (χ1n) is 13.0. The van der Waals surface area contributed by atoms with Gasteiger partial charge in [-0.3, -0.25) is 10.1 Å². The van der Waals surface area contributed by atoms with Gasteiger partial charge in [-0.1, -0.05) is 74.0 Å². The Balaban J connectivity index is 1.73. The predicted octanol–water partition coefficient (Wildman–Crippen LogP) is 7.37. The van der Waals surface area contributed by atoms with E-state index in [-0.39, 0.29) is 22.4 Å². The number of rotatable bonds is 9. The Bertz CT molecular complexity index is 1800. The zero-order valence-corrected chi connectivity index (χ0v) is 22.7.